The van der Waals surface area contributed by atoms with Gasteiger partial charge in [-0.3, -0.25) is 0 Å². The van der Waals surface area contributed by atoms with Crippen LogP contribution in [0.1, 0.15) is 13.8 Å². The van der Waals surface area contributed by atoms with Crippen LogP contribution < -0.4 is 0 Å². The summed E-state index contributed by atoms with van der Waals surface area (Å²) in [5.41, 5.74) is 0. The molecule has 1 heterocycles. The molecule has 0 amide bonds. The fourth-order valence-electron chi connectivity index (χ4n) is 0.961. The first-order valence-electron chi connectivity index (χ1n) is 3.78. The third kappa shape index (κ3) is 2.32. The molecule has 2 nitrogen and oxygen atoms in total. The summed E-state index contributed by atoms with van der Waals surface area (Å²) in [6.45, 7) is 3.82. The maximum atomic E-state index is 11.5. The van der Waals surface area contributed by atoms with E-state index >= 15 is 0 Å². The minimum atomic E-state index is -3.00. The molecule has 0 aliphatic rings. The molecule has 0 saturated carbocycles. The van der Waals surface area contributed by atoms with E-state index < -0.39 is 9.84 Å². The Kier molecular flexibility index (Phi) is 2.90. The summed E-state index contributed by atoms with van der Waals surface area (Å²) in [5, 5.41) is 1.78. The Hall–Kier alpha value is -0.350. The standard InChI is InChI=1S/C8H12O2S2/c1-7(2)6-12(9,10)8-4-3-5-11-8/h3-5,7H,6H2,1-2H3. The van der Waals surface area contributed by atoms with Crippen LogP contribution >= 0.6 is 11.3 Å². The fraction of sp³-hybridized carbons (Fsp3) is 0.500. The molecule has 0 aromatic carbocycles. The number of hydrogen-bond acceptors (Lipinski definition) is 3. The van der Waals surface area contributed by atoms with Crippen LogP contribution in [0.15, 0.2) is 21.7 Å². The first-order chi connectivity index (χ1) is 5.52. The highest BCUT2D eigenvalue weighted by molar-refractivity contribution is 7.93. The highest BCUT2D eigenvalue weighted by atomic mass is 32.2. The van der Waals surface area contributed by atoms with Crippen molar-refractivity contribution < 1.29 is 8.42 Å². The summed E-state index contributed by atoms with van der Waals surface area (Å²) >= 11 is 1.28. The molecule has 4 heteroatoms. The van der Waals surface area contributed by atoms with E-state index in [9.17, 15) is 8.42 Å². The zero-order valence-electron chi connectivity index (χ0n) is 7.15. The molecular formula is C8H12O2S2. The van der Waals surface area contributed by atoms with Gasteiger partial charge < -0.3 is 0 Å². The number of rotatable bonds is 3. The van der Waals surface area contributed by atoms with Crippen LogP contribution in [-0.2, 0) is 9.84 Å². The molecule has 0 radical (unpaired) electrons. The highest BCUT2D eigenvalue weighted by Crippen LogP contribution is 2.19. The molecule has 1 aromatic heterocycles. The van der Waals surface area contributed by atoms with Gasteiger partial charge >= 0.3 is 0 Å². The second-order valence-corrected chi connectivity index (χ2v) is 6.32. The van der Waals surface area contributed by atoms with Gasteiger partial charge in [-0.05, 0) is 17.4 Å². The molecule has 0 saturated heterocycles. The molecule has 1 aromatic rings. The molecule has 0 fully saturated rings. The highest BCUT2D eigenvalue weighted by Gasteiger charge is 2.16. The Balaban J connectivity index is 2.88. The third-order valence-corrected chi connectivity index (χ3v) is 4.92. The minimum absolute atomic E-state index is 0.192. The lowest BCUT2D eigenvalue weighted by atomic mass is 10.3. The van der Waals surface area contributed by atoms with Crippen LogP contribution in [0.4, 0.5) is 0 Å². The molecular weight excluding hydrogens is 192 g/mol. The van der Waals surface area contributed by atoms with Crippen LogP contribution in [0.5, 0.6) is 0 Å². The first-order valence-corrected chi connectivity index (χ1v) is 6.32. The molecule has 68 valence electrons. The van der Waals surface area contributed by atoms with Crippen molar-refractivity contribution in [3.63, 3.8) is 0 Å². The van der Waals surface area contributed by atoms with Gasteiger partial charge in [0, 0.05) is 0 Å². The smallest absolute Gasteiger partial charge is 0.187 e. The van der Waals surface area contributed by atoms with E-state index in [1.807, 2.05) is 13.8 Å². The summed E-state index contributed by atoms with van der Waals surface area (Å²) in [6.07, 6.45) is 0. The monoisotopic (exact) mass is 204 g/mol. The lowest BCUT2D eigenvalue weighted by molar-refractivity contribution is 0.584. The zero-order chi connectivity index (χ0) is 9.19. The van der Waals surface area contributed by atoms with Crippen LogP contribution in [0.2, 0.25) is 0 Å². The predicted octanol–water partition coefficient (Wildman–Crippen LogP) is 2.18. The first kappa shape index (κ1) is 9.74. The topological polar surface area (TPSA) is 34.1 Å². The third-order valence-electron chi connectivity index (χ3n) is 1.35. The van der Waals surface area contributed by atoms with Gasteiger partial charge in [-0.2, -0.15) is 0 Å². The predicted molar refractivity (Wildman–Crippen MR) is 51.2 cm³/mol. The van der Waals surface area contributed by atoms with E-state index in [0.717, 1.165) is 0 Å². The van der Waals surface area contributed by atoms with Crippen molar-refractivity contribution in [2.24, 2.45) is 5.92 Å². The summed E-state index contributed by atoms with van der Waals surface area (Å²) in [6, 6.07) is 3.42. The average Bonchev–Trinajstić information content (AvgIpc) is 2.32. The Morgan fingerprint density at radius 3 is 2.58 bits per heavy atom. The zero-order valence-corrected chi connectivity index (χ0v) is 8.78. The van der Waals surface area contributed by atoms with Gasteiger partial charge in [0.05, 0.1) is 5.75 Å². The van der Waals surface area contributed by atoms with E-state index in [4.69, 9.17) is 0 Å². The lowest BCUT2D eigenvalue weighted by Crippen LogP contribution is -2.10. The molecule has 12 heavy (non-hydrogen) atoms. The molecule has 0 aliphatic carbocycles. The summed E-state index contributed by atoms with van der Waals surface area (Å²) in [4.78, 5) is 0. The van der Waals surface area contributed by atoms with Gasteiger partial charge in [0.2, 0.25) is 0 Å². The lowest BCUT2D eigenvalue weighted by Gasteiger charge is -2.03. The van der Waals surface area contributed by atoms with Crippen molar-refractivity contribution in [3.05, 3.63) is 17.5 Å². The van der Waals surface area contributed by atoms with Crippen molar-refractivity contribution in [1.82, 2.24) is 0 Å². The van der Waals surface area contributed by atoms with Crippen LogP contribution in [0, 0.1) is 5.92 Å². The number of hydrogen-bond donors (Lipinski definition) is 0. The molecule has 0 bridgehead atoms. The van der Waals surface area contributed by atoms with E-state index in [-0.39, 0.29) is 11.7 Å². The molecule has 1 rings (SSSR count). The van der Waals surface area contributed by atoms with Gasteiger partial charge in [-0.25, -0.2) is 8.42 Å². The van der Waals surface area contributed by atoms with Crippen molar-refractivity contribution in [3.8, 4) is 0 Å². The van der Waals surface area contributed by atoms with Gasteiger partial charge in [-0.15, -0.1) is 11.3 Å². The average molecular weight is 204 g/mol. The number of sulfone groups is 1. The molecule has 0 spiro atoms. The summed E-state index contributed by atoms with van der Waals surface area (Å²) in [7, 11) is -3.00. The van der Waals surface area contributed by atoms with Gasteiger partial charge in [-0.1, -0.05) is 19.9 Å². The quantitative estimate of drug-likeness (QED) is 0.756. The summed E-state index contributed by atoms with van der Waals surface area (Å²) in [5.74, 6) is 0.435. The normalized spacial score (nSPS) is 12.2. The Bertz CT molecular complexity index is 322. The van der Waals surface area contributed by atoms with Crippen LogP contribution in [-0.4, -0.2) is 14.2 Å². The molecule has 0 unspecified atom stereocenters. The van der Waals surface area contributed by atoms with Crippen molar-refractivity contribution >= 4 is 21.2 Å². The maximum Gasteiger partial charge on any atom is 0.187 e. The molecule has 0 atom stereocenters. The minimum Gasteiger partial charge on any atom is -0.223 e. The van der Waals surface area contributed by atoms with Crippen LogP contribution in [0.3, 0.4) is 0 Å². The largest absolute Gasteiger partial charge is 0.223 e. The van der Waals surface area contributed by atoms with Crippen molar-refractivity contribution in [2.75, 3.05) is 5.75 Å². The Labute approximate surface area is 77.2 Å². The van der Waals surface area contributed by atoms with Gasteiger partial charge in [0.1, 0.15) is 4.21 Å². The van der Waals surface area contributed by atoms with Crippen molar-refractivity contribution in [2.45, 2.75) is 18.1 Å². The summed E-state index contributed by atoms with van der Waals surface area (Å²) < 4.78 is 23.5. The Morgan fingerprint density at radius 1 is 1.50 bits per heavy atom. The van der Waals surface area contributed by atoms with E-state index in [2.05, 4.69) is 0 Å². The van der Waals surface area contributed by atoms with Gasteiger partial charge in [0.15, 0.2) is 9.84 Å². The fourth-order valence-corrected chi connectivity index (χ4v) is 3.69. The van der Waals surface area contributed by atoms with Gasteiger partial charge in [0.25, 0.3) is 0 Å². The van der Waals surface area contributed by atoms with E-state index in [1.165, 1.54) is 11.3 Å². The van der Waals surface area contributed by atoms with E-state index in [0.29, 0.717) is 4.21 Å². The maximum absolute atomic E-state index is 11.5. The number of thiophene rings is 1. The molecule has 0 aliphatic heterocycles. The van der Waals surface area contributed by atoms with Crippen LogP contribution in [0.25, 0.3) is 0 Å². The Morgan fingerprint density at radius 2 is 2.17 bits per heavy atom. The second-order valence-electron chi connectivity index (χ2n) is 3.11. The molecule has 0 N–H and O–H groups in total. The van der Waals surface area contributed by atoms with E-state index in [1.54, 1.807) is 17.5 Å². The second kappa shape index (κ2) is 3.58. The van der Waals surface area contributed by atoms with Crippen molar-refractivity contribution in [1.29, 1.82) is 0 Å². The SMILES string of the molecule is CC(C)CS(=O)(=O)c1cccs1.